The van der Waals surface area contributed by atoms with Crippen molar-refractivity contribution < 1.29 is 32.9 Å². The molecule has 1 unspecified atom stereocenters. The third-order valence-corrected chi connectivity index (χ3v) is 8.53. The molecule has 0 heterocycles. The van der Waals surface area contributed by atoms with Crippen molar-refractivity contribution >= 4 is 33.3 Å². The zero-order valence-electron chi connectivity index (χ0n) is 22.8. The average Bonchev–Trinajstić information content (AvgIpc) is 3.36. The predicted molar refractivity (Wildman–Crippen MR) is 149 cm³/mol. The molecule has 0 aliphatic heterocycles. The second-order valence-corrected chi connectivity index (χ2v) is 12.9. The highest BCUT2D eigenvalue weighted by Gasteiger charge is 2.42. The lowest BCUT2D eigenvalue weighted by Crippen LogP contribution is -2.49. The van der Waals surface area contributed by atoms with Gasteiger partial charge in [-0.1, -0.05) is 49.6 Å². The van der Waals surface area contributed by atoms with Crippen LogP contribution in [-0.4, -0.2) is 49.5 Å². The number of benzene rings is 2. The summed E-state index contributed by atoms with van der Waals surface area (Å²) in [6.07, 6.45) is 5.95. The Morgan fingerprint density at radius 1 is 1.00 bits per heavy atom. The van der Waals surface area contributed by atoms with Gasteiger partial charge in [0.05, 0.1) is 0 Å². The molecule has 0 saturated heterocycles. The lowest BCUT2D eigenvalue weighted by molar-refractivity contribution is -0.236. The molecule has 9 nitrogen and oxygen atoms in total. The molecular formula is C29H38N2O7S. The maximum absolute atomic E-state index is 13.4. The number of nitrogens with one attached hydrogen (secondary N) is 2. The Morgan fingerprint density at radius 3 is 2.18 bits per heavy atom. The Morgan fingerprint density at radius 2 is 1.62 bits per heavy atom. The Labute approximate surface area is 230 Å². The molecule has 2 amide bonds. The predicted octanol–water partition coefficient (Wildman–Crippen LogP) is 4.37. The fraction of sp³-hybridized carbons (Fsp3) is 0.483. The van der Waals surface area contributed by atoms with E-state index in [1.165, 1.54) is 6.26 Å². The number of carbonyl (C=O) groups excluding carboxylic acids is 3. The smallest absolute Gasteiger partial charge is 0.342 e. The lowest BCUT2D eigenvalue weighted by Gasteiger charge is -2.29. The number of hydrogen-bond acceptors (Lipinski definition) is 7. The molecule has 2 aromatic rings. The molecular weight excluding hydrogens is 520 g/mol. The van der Waals surface area contributed by atoms with Crippen molar-refractivity contribution in [3.63, 3.8) is 0 Å². The number of sulfone groups is 1. The minimum atomic E-state index is -3.07. The molecule has 1 fully saturated rings. The van der Waals surface area contributed by atoms with E-state index < -0.39 is 27.3 Å². The number of aryl methyl sites for hydroxylation is 2. The van der Waals surface area contributed by atoms with Crippen LogP contribution in [0.2, 0.25) is 0 Å². The average molecular weight is 559 g/mol. The van der Waals surface area contributed by atoms with Crippen LogP contribution in [0.3, 0.4) is 0 Å². The van der Waals surface area contributed by atoms with Gasteiger partial charge in [-0.15, -0.1) is 0 Å². The molecule has 10 heteroatoms. The van der Waals surface area contributed by atoms with Crippen molar-refractivity contribution in [2.24, 2.45) is 5.41 Å². The zero-order valence-corrected chi connectivity index (χ0v) is 23.6. The Bertz CT molecular complexity index is 1260. The Kier molecular flexibility index (Phi) is 10.3. The molecule has 212 valence electrons. The van der Waals surface area contributed by atoms with Crippen LogP contribution in [0.25, 0.3) is 0 Å². The highest BCUT2D eigenvalue weighted by atomic mass is 32.2. The van der Waals surface area contributed by atoms with Gasteiger partial charge in [0, 0.05) is 35.1 Å². The van der Waals surface area contributed by atoms with Gasteiger partial charge in [0.1, 0.15) is 15.9 Å². The highest BCUT2D eigenvalue weighted by Crippen LogP contribution is 2.42. The molecule has 1 atom stereocenters. The first kappa shape index (κ1) is 30.3. The van der Waals surface area contributed by atoms with E-state index in [1.807, 2.05) is 32.0 Å². The second kappa shape index (κ2) is 13.2. The zero-order chi connectivity index (χ0) is 28.6. The third-order valence-electron chi connectivity index (χ3n) is 7.50. The third kappa shape index (κ3) is 8.37. The number of carbonyl (C=O) groups is 3. The number of amides is 2. The molecule has 0 radical (unpaired) electrons. The number of hydrogen-bond donors (Lipinski definition) is 3. The van der Waals surface area contributed by atoms with Crippen LogP contribution < -0.4 is 10.6 Å². The van der Waals surface area contributed by atoms with Crippen molar-refractivity contribution in [2.75, 3.05) is 17.3 Å². The molecule has 0 bridgehead atoms. The molecule has 3 rings (SSSR count). The first-order chi connectivity index (χ1) is 18.4. The van der Waals surface area contributed by atoms with Crippen molar-refractivity contribution in [3.8, 4) is 0 Å². The summed E-state index contributed by atoms with van der Waals surface area (Å²) < 4.78 is 22.9. The van der Waals surface area contributed by atoms with E-state index in [1.54, 1.807) is 24.3 Å². The molecule has 1 saturated carbocycles. The fourth-order valence-corrected chi connectivity index (χ4v) is 6.09. The summed E-state index contributed by atoms with van der Waals surface area (Å²) in [7, 11) is -3.07. The minimum absolute atomic E-state index is 0.0746. The molecule has 1 aliphatic carbocycles. The molecule has 39 heavy (non-hydrogen) atoms. The maximum Gasteiger partial charge on any atom is 0.364 e. The van der Waals surface area contributed by atoms with Crippen molar-refractivity contribution in [1.29, 1.82) is 0 Å². The fourth-order valence-electron chi connectivity index (χ4n) is 5.36. The van der Waals surface area contributed by atoms with E-state index >= 15 is 0 Å². The van der Waals surface area contributed by atoms with Gasteiger partial charge in [-0.3, -0.25) is 14.5 Å². The van der Waals surface area contributed by atoms with Gasteiger partial charge in [-0.2, -0.15) is 5.26 Å². The van der Waals surface area contributed by atoms with Crippen LogP contribution in [0.4, 0.5) is 5.69 Å². The summed E-state index contributed by atoms with van der Waals surface area (Å²) in [5.74, 6) is -1.40. The van der Waals surface area contributed by atoms with Gasteiger partial charge in [0.25, 0.3) is 5.91 Å². The summed E-state index contributed by atoms with van der Waals surface area (Å²) in [5, 5.41) is 14.7. The molecule has 0 aromatic heterocycles. The summed E-state index contributed by atoms with van der Waals surface area (Å²) in [5.41, 5.74) is 2.97. The van der Waals surface area contributed by atoms with E-state index in [2.05, 4.69) is 15.5 Å². The van der Waals surface area contributed by atoms with Gasteiger partial charge in [0.2, 0.25) is 5.91 Å². The van der Waals surface area contributed by atoms with E-state index in [-0.39, 0.29) is 24.0 Å². The van der Waals surface area contributed by atoms with Crippen LogP contribution in [0.5, 0.6) is 0 Å². The van der Waals surface area contributed by atoms with Crippen LogP contribution in [0, 0.1) is 19.3 Å². The number of unbranched alkanes of at least 4 members (excludes halogenated alkanes) is 1. The lowest BCUT2D eigenvalue weighted by atomic mass is 9.80. The normalized spacial score (nSPS) is 15.4. The first-order valence-corrected chi connectivity index (χ1v) is 15.3. The minimum Gasteiger partial charge on any atom is -0.342 e. The van der Waals surface area contributed by atoms with Crippen LogP contribution in [0.1, 0.15) is 72.0 Å². The van der Waals surface area contributed by atoms with Crippen molar-refractivity contribution in [1.82, 2.24) is 5.32 Å². The van der Waals surface area contributed by atoms with Gasteiger partial charge < -0.3 is 10.6 Å². The monoisotopic (exact) mass is 558 g/mol. The van der Waals surface area contributed by atoms with Crippen molar-refractivity contribution in [2.45, 2.75) is 71.3 Å². The quantitative estimate of drug-likeness (QED) is 0.200. The summed E-state index contributed by atoms with van der Waals surface area (Å²) >= 11 is 0. The summed E-state index contributed by atoms with van der Waals surface area (Å²) in [4.78, 5) is 42.5. The molecule has 1 aliphatic rings. The molecule has 3 N–H and O–H groups in total. The number of anilines is 1. The van der Waals surface area contributed by atoms with E-state index in [9.17, 15) is 22.8 Å². The van der Waals surface area contributed by atoms with Crippen LogP contribution in [0.15, 0.2) is 42.5 Å². The van der Waals surface area contributed by atoms with Gasteiger partial charge in [-0.25, -0.2) is 13.2 Å². The van der Waals surface area contributed by atoms with E-state index in [0.717, 1.165) is 24.0 Å². The first-order valence-electron chi connectivity index (χ1n) is 13.2. The molecule has 2 aromatic carbocycles. The Balaban J connectivity index is 1.66. The van der Waals surface area contributed by atoms with Gasteiger partial charge in [0.15, 0.2) is 0 Å². The van der Waals surface area contributed by atoms with Gasteiger partial charge >= 0.3 is 5.97 Å². The van der Waals surface area contributed by atoms with E-state index in [4.69, 9.17) is 5.26 Å². The topological polar surface area (TPSA) is 139 Å². The second-order valence-electron chi connectivity index (χ2n) is 10.6. The maximum atomic E-state index is 13.4. The van der Waals surface area contributed by atoms with Crippen LogP contribution in [-0.2, 0) is 30.7 Å². The van der Waals surface area contributed by atoms with E-state index in [0.29, 0.717) is 48.9 Å². The summed E-state index contributed by atoms with van der Waals surface area (Å²) in [6.45, 7) is 3.76. The largest absolute Gasteiger partial charge is 0.364 e. The van der Waals surface area contributed by atoms with Crippen molar-refractivity contribution in [3.05, 3.63) is 64.7 Å². The summed E-state index contributed by atoms with van der Waals surface area (Å²) in [6, 6.07) is 11.5. The molecule has 0 spiro atoms. The highest BCUT2D eigenvalue weighted by molar-refractivity contribution is 7.90. The van der Waals surface area contributed by atoms with Crippen LogP contribution >= 0.6 is 0 Å². The SMILES string of the molecule is Cc1cccc(C)c1C(=O)Nc1ccc(CC(NC(=O)C2(CCCCS(C)(=O)=O)CCCC2)C(=O)OO)cc1. The standard InChI is InChI=1S/C29H38N2O7S/c1-20-9-8-10-21(2)25(20)26(32)30-23-13-11-22(12-14-23)19-24(27(33)38-35)31-28(34)29(15-4-5-16-29)17-6-7-18-39(3,36)37/h8-14,24,35H,4-7,15-19H2,1-3H3,(H,30,32)(H,31,34). The number of rotatable bonds is 12. The Hall–Kier alpha value is -3.24. The van der Waals surface area contributed by atoms with Gasteiger partial charge in [-0.05, 0) is 68.4 Å².